The molecule has 0 spiro atoms. The minimum Gasteiger partial charge on any atom is -0.478 e. The number of nitrogens with two attached hydrogens (primary N) is 1. The molecule has 0 radical (unpaired) electrons. The van der Waals surface area contributed by atoms with Gasteiger partial charge in [0.15, 0.2) is 6.10 Å². The second-order valence-corrected chi connectivity index (χ2v) is 3.37. The summed E-state index contributed by atoms with van der Waals surface area (Å²) in [5, 5.41) is 2.63. The molecule has 1 heterocycles. The second-order valence-electron chi connectivity index (χ2n) is 3.37. The average Bonchev–Trinajstić information content (AvgIpc) is 2.58. The number of anilines is 1. The Morgan fingerprint density at radius 3 is 3.00 bits per heavy atom. The van der Waals surface area contributed by atoms with Crippen molar-refractivity contribution in [3.8, 4) is 5.75 Å². The van der Waals surface area contributed by atoms with Crippen LogP contribution in [0.1, 0.15) is 6.42 Å². The summed E-state index contributed by atoms with van der Waals surface area (Å²) in [5.74, 6) is -0.395. The van der Waals surface area contributed by atoms with Crippen LogP contribution in [0.25, 0.3) is 0 Å². The van der Waals surface area contributed by atoms with Crippen molar-refractivity contribution in [3.05, 3.63) is 24.0 Å². The molecule has 0 saturated carbocycles. The molecule has 1 fully saturated rings. The van der Waals surface area contributed by atoms with E-state index in [2.05, 4.69) is 5.32 Å². The summed E-state index contributed by atoms with van der Waals surface area (Å²) in [6.45, 7) is 0.582. The number of benzene rings is 1. The van der Waals surface area contributed by atoms with Gasteiger partial charge >= 0.3 is 0 Å². The van der Waals surface area contributed by atoms with Gasteiger partial charge in [-0.3, -0.25) is 4.79 Å². The minimum atomic E-state index is -0.561. The summed E-state index contributed by atoms with van der Waals surface area (Å²) in [7, 11) is 0. The number of amides is 1. The van der Waals surface area contributed by atoms with Gasteiger partial charge in [0.05, 0.1) is 5.69 Å². The van der Waals surface area contributed by atoms with E-state index in [4.69, 9.17) is 10.5 Å². The Kier molecular flexibility index (Phi) is 2.45. The first-order chi connectivity index (χ1) is 7.16. The van der Waals surface area contributed by atoms with Crippen molar-refractivity contribution in [1.29, 1.82) is 0 Å². The zero-order valence-corrected chi connectivity index (χ0v) is 8.00. The lowest BCUT2D eigenvalue weighted by molar-refractivity contribution is -0.124. The highest BCUT2D eigenvalue weighted by atomic mass is 19.1. The summed E-state index contributed by atoms with van der Waals surface area (Å²) in [6, 6.07) is 3.84. The fourth-order valence-corrected chi connectivity index (χ4v) is 1.45. The Morgan fingerprint density at radius 2 is 2.33 bits per heavy atom. The highest BCUT2D eigenvalue weighted by molar-refractivity contribution is 5.83. The van der Waals surface area contributed by atoms with Gasteiger partial charge in [0.2, 0.25) is 0 Å². The van der Waals surface area contributed by atoms with E-state index in [0.29, 0.717) is 18.7 Å². The quantitative estimate of drug-likeness (QED) is 0.705. The molecule has 1 saturated heterocycles. The van der Waals surface area contributed by atoms with E-state index < -0.39 is 11.9 Å². The monoisotopic (exact) mass is 210 g/mol. The molecule has 1 amide bonds. The fraction of sp³-hybridized carbons (Fsp3) is 0.300. The molecule has 5 heteroatoms. The van der Waals surface area contributed by atoms with Crippen molar-refractivity contribution >= 4 is 11.6 Å². The molecule has 80 valence electrons. The van der Waals surface area contributed by atoms with Gasteiger partial charge in [-0.15, -0.1) is 0 Å². The Hall–Kier alpha value is -1.78. The number of carbonyl (C=O) groups is 1. The molecular weight excluding hydrogens is 199 g/mol. The zero-order valence-electron chi connectivity index (χ0n) is 8.00. The molecule has 15 heavy (non-hydrogen) atoms. The van der Waals surface area contributed by atoms with Crippen LogP contribution >= 0.6 is 0 Å². The number of hydrogen-bond acceptors (Lipinski definition) is 3. The molecule has 1 aliphatic heterocycles. The molecule has 1 aliphatic rings. The summed E-state index contributed by atoms with van der Waals surface area (Å²) in [4.78, 5) is 11.2. The van der Waals surface area contributed by atoms with Crippen molar-refractivity contribution in [2.24, 2.45) is 0 Å². The van der Waals surface area contributed by atoms with Gasteiger partial charge in [0.1, 0.15) is 11.6 Å². The molecule has 0 aliphatic carbocycles. The van der Waals surface area contributed by atoms with Gasteiger partial charge in [-0.2, -0.15) is 0 Å². The Morgan fingerprint density at radius 1 is 1.53 bits per heavy atom. The molecule has 4 nitrogen and oxygen atoms in total. The second kappa shape index (κ2) is 3.76. The fourth-order valence-electron chi connectivity index (χ4n) is 1.45. The number of ether oxygens (including phenoxy) is 1. The van der Waals surface area contributed by atoms with Crippen molar-refractivity contribution in [2.75, 3.05) is 12.3 Å². The molecule has 1 unspecified atom stereocenters. The van der Waals surface area contributed by atoms with Crippen LogP contribution in [0.3, 0.4) is 0 Å². The summed E-state index contributed by atoms with van der Waals surface area (Å²) in [6.07, 6.45) is 0.0171. The first-order valence-corrected chi connectivity index (χ1v) is 4.66. The lowest BCUT2D eigenvalue weighted by Gasteiger charge is -2.12. The van der Waals surface area contributed by atoms with Crippen LogP contribution in [-0.4, -0.2) is 18.6 Å². The van der Waals surface area contributed by atoms with Crippen molar-refractivity contribution in [3.63, 3.8) is 0 Å². The van der Waals surface area contributed by atoms with Crippen molar-refractivity contribution in [1.82, 2.24) is 5.32 Å². The van der Waals surface area contributed by atoms with Crippen LogP contribution in [0.2, 0.25) is 0 Å². The summed E-state index contributed by atoms with van der Waals surface area (Å²) < 4.78 is 18.2. The first kappa shape index (κ1) is 9.76. The molecule has 0 aromatic heterocycles. The maximum atomic E-state index is 12.9. The lowest BCUT2D eigenvalue weighted by atomic mass is 10.2. The Labute approximate surface area is 86.2 Å². The van der Waals surface area contributed by atoms with E-state index in [1.807, 2.05) is 0 Å². The van der Waals surface area contributed by atoms with E-state index >= 15 is 0 Å². The third kappa shape index (κ3) is 2.01. The average molecular weight is 210 g/mol. The Bertz CT molecular complexity index is 395. The van der Waals surface area contributed by atoms with Crippen LogP contribution < -0.4 is 15.8 Å². The number of rotatable bonds is 2. The normalized spacial score (nSPS) is 20.1. The maximum Gasteiger partial charge on any atom is 0.261 e. The van der Waals surface area contributed by atoms with Gasteiger partial charge in [0.25, 0.3) is 5.91 Å². The Balaban J connectivity index is 2.16. The molecule has 1 aromatic carbocycles. The van der Waals surface area contributed by atoms with Gasteiger partial charge in [0, 0.05) is 19.0 Å². The molecule has 2 rings (SSSR count). The number of nitrogen functional groups attached to an aromatic ring is 1. The molecule has 3 N–H and O–H groups in total. The third-order valence-corrected chi connectivity index (χ3v) is 2.24. The van der Waals surface area contributed by atoms with E-state index in [-0.39, 0.29) is 11.7 Å². The minimum absolute atomic E-state index is 0.182. The van der Waals surface area contributed by atoms with Gasteiger partial charge in [-0.1, -0.05) is 0 Å². The number of nitrogens with one attached hydrogen (secondary N) is 1. The molecular formula is C10H11FN2O2. The summed E-state index contributed by atoms with van der Waals surface area (Å²) >= 11 is 0. The summed E-state index contributed by atoms with van der Waals surface area (Å²) in [5.41, 5.74) is 5.92. The van der Waals surface area contributed by atoms with E-state index in [9.17, 15) is 9.18 Å². The predicted octanol–water partition coefficient (Wildman–Crippen LogP) is 0.675. The van der Waals surface area contributed by atoms with Crippen LogP contribution in [0, 0.1) is 5.82 Å². The maximum absolute atomic E-state index is 12.9. The van der Waals surface area contributed by atoms with Crippen molar-refractivity contribution < 1.29 is 13.9 Å². The first-order valence-electron chi connectivity index (χ1n) is 4.66. The van der Waals surface area contributed by atoms with Crippen LogP contribution in [0.15, 0.2) is 18.2 Å². The van der Waals surface area contributed by atoms with Gasteiger partial charge in [-0.05, 0) is 12.1 Å². The third-order valence-electron chi connectivity index (χ3n) is 2.24. The largest absolute Gasteiger partial charge is 0.478 e. The molecule has 1 aromatic rings. The number of hydrogen-bond donors (Lipinski definition) is 2. The topological polar surface area (TPSA) is 64.3 Å². The standard InChI is InChI=1S/C10H11FN2O2/c11-6-1-2-7(12)9(5-6)15-8-3-4-13-10(8)14/h1-2,5,8H,3-4,12H2,(H,13,14). The smallest absolute Gasteiger partial charge is 0.261 e. The van der Waals surface area contributed by atoms with E-state index in [1.54, 1.807) is 0 Å². The van der Waals surface area contributed by atoms with Crippen LogP contribution in [-0.2, 0) is 4.79 Å². The predicted molar refractivity (Wildman–Crippen MR) is 52.9 cm³/mol. The van der Waals surface area contributed by atoms with Crippen LogP contribution in [0.4, 0.5) is 10.1 Å². The van der Waals surface area contributed by atoms with E-state index in [1.165, 1.54) is 18.2 Å². The van der Waals surface area contributed by atoms with Crippen LogP contribution in [0.5, 0.6) is 5.75 Å². The highest BCUT2D eigenvalue weighted by Crippen LogP contribution is 2.24. The molecule has 1 atom stereocenters. The zero-order chi connectivity index (χ0) is 10.8. The van der Waals surface area contributed by atoms with E-state index in [0.717, 1.165) is 0 Å². The van der Waals surface area contributed by atoms with Gasteiger partial charge < -0.3 is 15.8 Å². The number of halogens is 1. The lowest BCUT2D eigenvalue weighted by Crippen LogP contribution is -2.27. The highest BCUT2D eigenvalue weighted by Gasteiger charge is 2.26. The van der Waals surface area contributed by atoms with Gasteiger partial charge in [-0.25, -0.2) is 4.39 Å². The SMILES string of the molecule is Nc1ccc(F)cc1OC1CCNC1=O. The number of carbonyl (C=O) groups excluding carboxylic acids is 1. The molecule has 0 bridgehead atoms. The van der Waals surface area contributed by atoms with Crippen molar-refractivity contribution in [2.45, 2.75) is 12.5 Å².